The number of carbonyl (C=O) groups excluding carboxylic acids is 7. The number of hydrogen-bond acceptors (Lipinski definition) is 25. The molecule has 0 unspecified atom stereocenters. The van der Waals surface area contributed by atoms with Crippen molar-refractivity contribution in [2.45, 2.75) is 137 Å². The molecule has 544 valence electrons. The average molecular weight is 1440 g/mol. The van der Waals surface area contributed by atoms with Gasteiger partial charge in [-0.1, -0.05) is 54.7 Å². The molecule has 0 aliphatic carbocycles. The van der Waals surface area contributed by atoms with Crippen LogP contribution >= 0.6 is 11.3 Å². The quantitative estimate of drug-likeness (QED) is 0.0347. The summed E-state index contributed by atoms with van der Waals surface area (Å²) in [7, 11) is -5.25. The molecule has 13 atom stereocenters. The highest BCUT2D eigenvalue weighted by atomic mass is 32.3. The molecule has 2 aromatic heterocycles. The number of amides is 7. The van der Waals surface area contributed by atoms with E-state index in [4.69, 9.17) is 14.8 Å². The Morgan fingerprint density at radius 1 is 0.762 bits per heavy atom. The summed E-state index contributed by atoms with van der Waals surface area (Å²) in [6.45, 7) is 1.22. The molecule has 4 saturated heterocycles. The molecule has 101 heavy (non-hydrogen) atoms. The highest BCUT2D eigenvalue weighted by molar-refractivity contribution is 7.81. The fourth-order valence-electron chi connectivity index (χ4n) is 12.7. The Morgan fingerprint density at radius 3 is 2.09 bits per heavy atom. The van der Waals surface area contributed by atoms with Crippen molar-refractivity contribution in [1.82, 2.24) is 56.3 Å². The van der Waals surface area contributed by atoms with Crippen molar-refractivity contribution >= 4 is 73.7 Å². The first-order chi connectivity index (χ1) is 48.1. The molecule has 7 amide bonds. The summed E-state index contributed by atoms with van der Waals surface area (Å²) in [6.07, 6.45) is -9.69. The minimum absolute atomic E-state index is 0.00932. The first-order valence-electron chi connectivity index (χ1n) is 32.8. The topological polar surface area (TPSA) is 486 Å². The predicted octanol–water partition coefficient (Wildman–Crippen LogP) is -2.66. The number of imidazole rings is 1. The fraction of sp³-hybridized carbons (Fsp3) is 0.470. The second kappa shape index (κ2) is 32.8. The molecular formula is C66H82N12O21S2. The van der Waals surface area contributed by atoms with E-state index in [1.165, 1.54) is 36.1 Å². The van der Waals surface area contributed by atoms with Gasteiger partial charge in [-0.25, -0.2) is 9.50 Å². The lowest BCUT2D eigenvalue weighted by Gasteiger charge is -2.34. The van der Waals surface area contributed by atoms with Crippen LogP contribution in [0, 0.1) is 5.92 Å². The molecule has 0 spiro atoms. The number of para-hydroxylation sites is 1. The summed E-state index contributed by atoms with van der Waals surface area (Å²) < 4.78 is 45.1. The van der Waals surface area contributed by atoms with E-state index in [2.05, 4.69) is 53.1 Å². The Morgan fingerprint density at radius 2 is 1.43 bits per heavy atom. The maximum Gasteiger partial charge on any atom is 0.446 e. The van der Waals surface area contributed by atoms with Crippen LogP contribution in [-0.4, -0.2) is 262 Å². The first kappa shape index (κ1) is 74.7. The second-order valence-electron chi connectivity index (χ2n) is 25.6. The number of aliphatic hydroxyl groups excluding tert-OH is 8. The number of nitrogens with zero attached hydrogens (tertiary/aromatic N) is 6. The van der Waals surface area contributed by atoms with Gasteiger partial charge in [0.05, 0.1) is 67.8 Å². The Hall–Kier alpha value is -8.98. The number of aliphatic hydroxyl groups is 8. The standard InChI is InChI=1S/C66H82N12O21S2/c1-34-29-77-56(57(34)87)62(92)68-28-42(82)26-46(69-58(88)38-11-9-37(10-12-38)47-31-78-66(70-47)100-63(74-78)39-13-15-44(16-14-39)98-45-19-22-75(23-20-45)41-6-4-3-5-7-41)59(89)71-53(35(2)81)64(93)76-30-43(83)27-48(76)60(90)72-54(51(86)24-36-8-17-49(84)52(25-36)99-101(95,96)97)61(91)73-55(65(77)94)50(85)18-21-67-40(32-79)33-80/h3-17,25,31,34-35,40,42-43,45-46,48,50-51,53-57,67,79-87H,18-24,26-30,32-33H2,1-2H3,(H,68,92)(H,69,88)(H,71,89)(H,72,90)(H,73,91)(H,95,96,97)/t34-,35+,42+,43+,46-,48-,50+,51+,53-,54-,55-,56-,57-/m0/s1. The summed E-state index contributed by atoms with van der Waals surface area (Å²) in [4.78, 5) is 112. The highest BCUT2D eigenvalue weighted by Gasteiger charge is 2.50. The van der Waals surface area contributed by atoms with E-state index in [0.29, 0.717) is 21.2 Å². The van der Waals surface area contributed by atoms with Gasteiger partial charge in [0.15, 0.2) is 11.5 Å². The molecule has 4 aliphatic heterocycles. The van der Waals surface area contributed by atoms with Crippen LogP contribution in [0.4, 0.5) is 5.69 Å². The van der Waals surface area contributed by atoms with E-state index < -0.39 is 207 Å². The predicted molar refractivity (Wildman–Crippen MR) is 360 cm³/mol. The molecule has 4 aliphatic rings. The van der Waals surface area contributed by atoms with E-state index in [-0.39, 0.29) is 23.8 Å². The van der Waals surface area contributed by atoms with Crippen molar-refractivity contribution in [2.75, 3.05) is 57.4 Å². The number of phenols is 1. The number of nitrogens with one attached hydrogen (secondary N) is 6. The molecule has 0 radical (unpaired) electrons. The van der Waals surface area contributed by atoms with Gasteiger partial charge in [0.1, 0.15) is 53.1 Å². The SMILES string of the molecule is C[C@@H](O)[C@@H]1NC(=O)[C@@H](NC(=O)c2ccc(-c3cn4nc(-c5ccc(OC6CCN(c7ccccc7)CC6)cc5)sc4n3)cc2)C[C@@H](O)CNC(=O)[C@@H]2[C@@H](O)[C@@H](C)CN2C(=O)[C@H]([C@H](O)CCNC(CO)CO)NC(=O)[C@H]([C@H](O)Cc2ccc(O)c(OS(=O)(=O)O)c2)NC(=O)[C@@H]2C[C@@H](O)CN2C1=O. The van der Waals surface area contributed by atoms with Gasteiger partial charge in [0.2, 0.25) is 40.4 Å². The molecule has 4 fully saturated rings. The number of β-amino-alcohol motifs (C(OH)–C–C–N with tert-alkyl or cyclic N) is 1. The summed E-state index contributed by atoms with van der Waals surface area (Å²) in [5, 5.41) is 119. The number of phenolic OH excluding ortho intramolecular Hbond substituents is 1. The first-order valence-corrected chi connectivity index (χ1v) is 35.0. The number of anilines is 1. The van der Waals surface area contributed by atoms with Crippen LogP contribution in [0.1, 0.15) is 61.9 Å². The van der Waals surface area contributed by atoms with E-state index in [1.54, 1.807) is 22.8 Å². The highest BCUT2D eigenvalue weighted by Crippen LogP contribution is 2.33. The molecule has 4 aromatic carbocycles. The Labute approximate surface area is 583 Å². The van der Waals surface area contributed by atoms with Gasteiger partial charge in [-0.15, -0.1) is 0 Å². The number of fused-ring (bicyclic) bond motifs is 3. The lowest BCUT2D eigenvalue weighted by atomic mass is 9.98. The Bertz CT molecular complexity index is 4000. The van der Waals surface area contributed by atoms with Crippen molar-refractivity contribution in [1.29, 1.82) is 0 Å². The molecule has 6 aromatic rings. The Kier molecular flexibility index (Phi) is 24.2. The minimum Gasteiger partial charge on any atom is -0.504 e. The van der Waals surface area contributed by atoms with Gasteiger partial charge < -0.3 is 101 Å². The summed E-state index contributed by atoms with van der Waals surface area (Å²) in [5.41, 5.74) is 3.00. The van der Waals surface area contributed by atoms with E-state index in [1.807, 2.05) is 42.5 Å². The van der Waals surface area contributed by atoms with Crippen LogP contribution in [0.3, 0.4) is 0 Å². The van der Waals surface area contributed by atoms with Gasteiger partial charge in [-0.05, 0) is 86.1 Å². The van der Waals surface area contributed by atoms with Gasteiger partial charge in [-0.2, -0.15) is 13.5 Å². The van der Waals surface area contributed by atoms with E-state index >= 15 is 0 Å². The lowest BCUT2D eigenvalue weighted by Crippen LogP contribution is -2.64. The number of aromatic nitrogens is 3. The van der Waals surface area contributed by atoms with E-state index in [0.717, 1.165) is 72.2 Å². The lowest BCUT2D eigenvalue weighted by molar-refractivity contribution is -0.147. The minimum atomic E-state index is -5.25. The van der Waals surface area contributed by atoms with Crippen LogP contribution < -0.4 is 45.7 Å². The normalized spacial score (nSPS) is 24.9. The third-order valence-electron chi connectivity index (χ3n) is 18.2. The van der Waals surface area contributed by atoms with Crippen LogP contribution in [0.15, 0.2) is 103 Å². The number of hydrogen-bond donors (Lipinski definition) is 16. The number of benzene rings is 4. The van der Waals surface area contributed by atoms with Gasteiger partial charge in [0.25, 0.3) is 5.91 Å². The number of rotatable bonds is 20. The zero-order valence-electron chi connectivity index (χ0n) is 54.8. The van der Waals surface area contributed by atoms with Crippen LogP contribution in [0.2, 0.25) is 0 Å². The third-order valence-corrected chi connectivity index (χ3v) is 19.5. The molecule has 35 heteroatoms. The van der Waals surface area contributed by atoms with Crippen LogP contribution in [0.5, 0.6) is 17.2 Å². The largest absolute Gasteiger partial charge is 0.504 e. The summed E-state index contributed by atoms with van der Waals surface area (Å²) in [5.74, 6) is -10.1. The zero-order valence-corrected chi connectivity index (χ0v) is 56.5. The monoisotopic (exact) mass is 1440 g/mol. The van der Waals surface area contributed by atoms with Crippen molar-refractivity contribution in [3.05, 3.63) is 114 Å². The Balaban J connectivity index is 0.890. The number of ether oxygens (including phenoxy) is 1. The van der Waals surface area contributed by atoms with Gasteiger partial charge >= 0.3 is 10.4 Å². The molecular weight excluding hydrogens is 1360 g/mol. The fourth-order valence-corrected chi connectivity index (χ4v) is 13.9. The van der Waals surface area contributed by atoms with Gasteiger partial charge in [0, 0.05) is 93.1 Å². The van der Waals surface area contributed by atoms with Crippen molar-refractivity contribution < 1.29 is 101 Å². The molecule has 10 rings (SSSR count). The maximum absolute atomic E-state index is 15.0. The van der Waals surface area contributed by atoms with Crippen molar-refractivity contribution in [3.63, 3.8) is 0 Å². The maximum atomic E-state index is 15.0. The van der Waals surface area contributed by atoms with Crippen LogP contribution in [0.25, 0.3) is 26.8 Å². The zero-order chi connectivity index (χ0) is 72.6. The van der Waals surface area contributed by atoms with Crippen LogP contribution in [-0.2, 0) is 45.6 Å². The van der Waals surface area contributed by atoms with Crippen molar-refractivity contribution in [3.8, 4) is 39.1 Å². The number of aromatic hydroxyl groups is 1. The van der Waals surface area contributed by atoms with Gasteiger partial charge in [-0.3, -0.25) is 38.1 Å². The molecule has 0 bridgehead atoms. The second-order valence-corrected chi connectivity index (χ2v) is 27.6. The molecule has 0 saturated carbocycles. The smallest absolute Gasteiger partial charge is 0.446 e. The van der Waals surface area contributed by atoms with Crippen molar-refractivity contribution in [2.24, 2.45) is 5.92 Å². The molecule has 16 N–H and O–H groups in total. The summed E-state index contributed by atoms with van der Waals surface area (Å²) >= 11 is 1.35. The number of piperidine rings is 1. The number of carbonyl (C=O) groups is 7. The average Bonchev–Trinajstić information content (AvgIpc) is 1.66. The third kappa shape index (κ3) is 18.4. The molecule has 6 heterocycles. The van der Waals surface area contributed by atoms with E-state index in [9.17, 15) is 92.5 Å². The summed E-state index contributed by atoms with van der Waals surface area (Å²) in [6, 6.07) is 14.2. The molecule has 33 nitrogen and oxygen atoms in total.